The summed E-state index contributed by atoms with van der Waals surface area (Å²) >= 11 is -2.56. The topological polar surface area (TPSA) is 9.23 Å². The standard InChI is InChI=1S/C18H15OSi.2C5H5.ClH.Zr/c19-20(16-10-4-1-5-11-16,17-12-6-2-7-13-17)18-14-8-3-9-15-18;2*1-2-4-5-3-1;;/h1-15H;2*1-3H,4H2;1H;/q-1;;;;+1. The van der Waals surface area contributed by atoms with E-state index in [0.29, 0.717) is 0 Å². The van der Waals surface area contributed by atoms with Gasteiger partial charge < -0.3 is 0 Å². The van der Waals surface area contributed by atoms with E-state index in [1.165, 1.54) is 22.1 Å². The molecule has 1 nitrogen and oxygen atoms in total. The van der Waals surface area contributed by atoms with Crippen LogP contribution in [0.15, 0.2) is 134 Å². The normalized spacial score (nSPS) is 14.6. The Kier molecular flexibility index (Phi) is 7.75. The van der Waals surface area contributed by atoms with Gasteiger partial charge in [0, 0.05) is 0 Å². The summed E-state index contributed by atoms with van der Waals surface area (Å²) in [5, 5.41) is 3.97. The maximum absolute atomic E-state index is 7.68. The molecule has 0 amide bonds. The number of halogens is 1. The van der Waals surface area contributed by atoms with Crippen molar-refractivity contribution in [3.63, 3.8) is 0 Å². The van der Waals surface area contributed by atoms with Gasteiger partial charge in [0.05, 0.1) is 0 Å². The molecule has 0 heterocycles. The zero-order chi connectivity index (χ0) is 20.9. The molecule has 5 rings (SSSR count). The van der Waals surface area contributed by atoms with E-state index in [0.717, 1.165) is 12.8 Å². The van der Waals surface area contributed by atoms with Gasteiger partial charge in [-0.1, -0.05) is 0 Å². The minimum Gasteiger partial charge on any atom is -0.147 e. The molecular formula is C28H26ClOSiZr. The van der Waals surface area contributed by atoms with Crippen molar-refractivity contribution in [1.29, 1.82) is 0 Å². The molecule has 0 N–H and O–H groups in total. The first-order chi connectivity index (χ1) is 15.4. The van der Waals surface area contributed by atoms with Gasteiger partial charge in [0.25, 0.3) is 0 Å². The van der Waals surface area contributed by atoms with E-state index in [1.807, 2.05) is 0 Å². The van der Waals surface area contributed by atoms with Gasteiger partial charge in [-0.05, 0) is 0 Å². The van der Waals surface area contributed by atoms with Crippen molar-refractivity contribution >= 4 is 36.3 Å². The molecule has 32 heavy (non-hydrogen) atoms. The van der Waals surface area contributed by atoms with E-state index in [-0.39, 0.29) is 12.4 Å². The van der Waals surface area contributed by atoms with Gasteiger partial charge >= 0.3 is 195 Å². The van der Waals surface area contributed by atoms with Crippen LogP contribution in [-0.2, 0) is 24.7 Å². The fourth-order valence-electron chi connectivity index (χ4n) is 4.42. The van der Waals surface area contributed by atoms with Crippen LogP contribution in [0, 0.1) is 0 Å². The van der Waals surface area contributed by atoms with Gasteiger partial charge in [-0.2, -0.15) is 0 Å². The van der Waals surface area contributed by atoms with Crippen LogP contribution >= 0.6 is 12.4 Å². The SMILES string of the molecule is C1=CC[C]([Zr]([O][Si](c2ccccc2)(c2ccccc2)c2ccccc2)[C]2=CC=CC2)=C1.Cl. The summed E-state index contributed by atoms with van der Waals surface area (Å²) in [6, 6.07) is 32.9. The Bertz CT molecular complexity index is 1030. The maximum atomic E-state index is 7.68. The Morgan fingerprint density at radius 2 is 0.938 bits per heavy atom. The van der Waals surface area contributed by atoms with Crippen LogP contribution in [0.5, 0.6) is 0 Å². The van der Waals surface area contributed by atoms with Crippen LogP contribution in [-0.4, -0.2) is 8.32 Å². The summed E-state index contributed by atoms with van der Waals surface area (Å²) in [5.41, 5.74) is 0. The van der Waals surface area contributed by atoms with Crippen molar-refractivity contribution in [3.05, 3.63) is 134 Å². The molecule has 0 fully saturated rings. The summed E-state index contributed by atoms with van der Waals surface area (Å²) in [6.45, 7) is 0. The minimum atomic E-state index is -2.67. The van der Waals surface area contributed by atoms with E-state index in [1.54, 1.807) is 0 Å². The molecule has 0 saturated heterocycles. The molecule has 0 unspecified atom stereocenters. The predicted octanol–water partition coefficient (Wildman–Crippen LogP) is 5.31. The van der Waals surface area contributed by atoms with Gasteiger partial charge in [-0.3, -0.25) is 0 Å². The number of allylic oxidation sites excluding steroid dienone is 8. The van der Waals surface area contributed by atoms with Crippen molar-refractivity contribution in [2.24, 2.45) is 0 Å². The summed E-state index contributed by atoms with van der Waals surface area (Å²) in [7, 11) is -2.67. The first-order valence-corrected chi connectivity index (χ1v) is 16.2. The fourth-order valence-corrected chi connectivity index (χ4v) is 18.8. The van der Waals surface area contributed by atoms with Gasteiger partial charge in [0.2, 0.25) is 0 Å². The van der Waals surface area contributed by atoms with Gasteiger partial charge in [0.1, 0.15) is 0 Å². The largest absolute Gasteiger partial charge is 0.147 e. The summed E-state index contributed by atoms with van der Waals surface area (Å²) in [4.78, 5) is 0. The third kappa shape index (κ3) is 4.54. The predicted molar refractivity (Wildman–Crippen MR) is 136 cm³/mol. The quantitative estimate of drug-likeness (QED) is 0.296. The molecule has 0 bridgehead atoms. The molecule has 3 aromatic rings. The van der Waals surface area contributed by atoms with Crippen molar-refractivity contribution in [1.82, 2.24) is 0 Å². The Balaban J connectivity index is 0.00000245. The molecule has 4 heteroatoms. The van der Waals surface area contributed by atoms with Gasteiger partial charge in [-0.25, -0.2) is 0 Å². The second kappa shape index (κ2) is 10.7. The number of hydrogen-bond donors (Lipinski definition) is 0. The molecule has 2 aliphatic rings. The second-order valence-corrected chi connectivity index (χ2v) is 17.4. The Morgan fingerprint density at radius 1 is 0.562 bits per heavy atom. The molecule has 3 aromatic carbocycles. The third-order valence-electron chi connectivity index (χ3n) is 5.92. The first kappa shape index (κ1) is 23.1. The monoisotopic (exact) mass is 531 g/mol. The smallest absolute Gasteiger partial charge is 0.147 e. The van der Waals surface area contributed by atoms with Crippen molar-refractivity contribution in [2.75, 3.05) is 0 Å². The van der Waals surface area contributed by atoms with Crippen LogP contribution in [0.1, 0.15) is 12.8 Å². The van der Waals surface area contributed by atoms with Crippen LogP contribution in [0.4, 0.5) is 0 Å². The number of rotatable bonds is 7. The first-order valence-electron chi connectivity index (χ1n) is 10.8. The van der Waals surface area contributed by atoms with E-state index in [9.17, 15) is 0 Å². The fraction of sp³-hybridized carbons (Fsp3) is 0.0714. The van der Waals surface area contributed by atoms with Crippen LogP contribution in [0.25, 0.3) is 0 Å². The third-order valence-corrected chi connectivity index (χ3v) is 18.3. The zero-order valence-corrected chi connectivity index (χ0v) is 22.1. The van der Waals surface area contributed by atoms with Gasteiger partial charge in [-0.15, -0.1) is 12.4 Å². The molecule has 2 aliphatic carbocycles. The molecule has 0 aromatic heterocycles. The average Bonchev–Trinajstić information content (AvgIpc) is 3.57. The minimum absolute atomic E-state index is 0. The molecule has 0 atom stereocenters. The van der Waals surface area contributed by atoms with E-state index < -0.39 is 30.5 Å². The Labute approximate surface area is 206 Å². The van der Waals surface area contributed by atoms with Crippen molar-refractivity contribution in [3.8, 4) is 0 Å². The Hall–Kier alpha value is -2.03. The summed E-state index contributed by atoms with van der Waals surface area (Å²) in [5.74, 6) is 0. The molecule has 159 valence electrons. The number of benzene rings is 3. The Morgan fingerprint density at radius 3 is 1.25 bits per heavy atom. The summed E-state index contributed by atoms with van der Waals surface area (Å²) < 4.78 is 10.8. The van der Waals surface area contributed by atoms with E-state index in [4.69, 9.17) is 2.50 Å². The average molecular weight is 533 g/mol. The molecule has 0 saturated carbocycles. The number of hydrogen-bond acceptors (Lipinski definition) is 1. The van der Waals surface area contributed by atoms with Crippen molar-refractivity contribution in [2.45, 2.75) is 12.8 Å². The molecule has 0 aliphatic heterocycles. The second-order valence-electron chi connectivity index (χ2n) is 7.86. The van der Waals surface area contributed by atoms with Crippen LogP contribution in [0.2, 0.25) is 0 Å². The van der Waals surface area contributed by atoms with Crippen LogP contribution in [0.3, 0.4) is 0 Å². The summed E-state index contributed by atoms with van der Waals surface area (Å²) in [6.07, 6.45) is 15.7. The van der Waals surface area contributed by atoms with Crippen LogP contribution < -0.4 is 15.6 Å². The van der Waals surface area contributed by atoms with Crippen molar-refractivity contribution < 1.29 is 24.7 Å². The van der Waals surface area contributed by atoms with E-state index in [2.05, 4.69) is 127 Å². The maximum Gasteiger partial charge on any atom is -0.147 e. The molecule has 0 radical (unpaired) electrons. The van der Waals surface area contributed by atoms with Gasteiger partial charge in [0.15, 0.2) is 0 Å². The van der Waals surface area contributed by atoms with E-state index >= 15 is 0 Å². The zero-order valence-electron chi connectivity index (χ0n) is 17.9. The molecule has 0 spiro atoms. The molecular weight excluding hydrogens is 507 g/mol.